The summed E-state index contributed by atoms with van der Waals surface area (Å²) in [5.74, 6) is 0.765. The number of anilines is 1. The molecule has 0 spiro atoms. The molecule has 0 bridgehead atoms. The number of ether oxygens (including phenoxy) is 1. The summed E-state index contributed by atoms with van der Waals surface area (Å²) in [4.78, 5) is 16.8. The predicted octanol–water partition coefficient (Wildman–Crippen LogP) is 2.69. The van der Waals surface area contributed by atoms with E-state index < -0.39 is 0 Å². The van der Waals surface area contributed by atoms with E-state index in [9.17, 15) is 4.79 Å². The largest absolute Gasteiger partial charge is 0.495 e. The molecular formula is C17H15N3O2. The number of hydrogen-bond donors (Lipinski definition) is 1. The lowest BCUT2D eigenvalue weighted by Gasteiger charge is -2.15. The lowest BCUT2D eigenvalue weighted by Crippen LogP contribution is -2.10. The highest BCUT2D eigenvalue weighted by molar-refractivity contribution is 6.11. The summed E-state index contributed by atoms with van der Waals surface area (Å²) in [5.41, 5.74) is 7.60. The van der Waals surface area contributed by atoms with Gasteiger partial charge in [0.15, 0.2) is 5.78 Å². The van der Waals surface area contributed by atoms with Crippen LogP contribution in [0.15, 0.2) is 60.9 Å². The average molecular weight is 293 g/mol. The summed E-state index contributed by atoms with van der Waals surface area (Å²) in [7, 11) is 1.56. The molecule has 0 fully saturated rings. The van der Waals surface area contributed by atoms with E-state index in [0.29, 0.717) is 28.5 Å². The van der Waals surface area contributed by atoms with Crippen LogP contribution in [0.3, 0.4) is 0 Å². The quantitative estimate of drug-likeness (QED) is 0.751. The zero-order valence-corrected chi connectivity index (χ0v) is 12.1. The highest BCUT2D eigenvalue weighted by atomic mass is 16.5. The van der Waals surface area contributed by atoms with Crippen molar-refractivity contribution in [1.82, 2.24) is 9.55 Å². The summed E-state index contributed by atoms with van der Waals surface area (Å²) >= 11 is 0. The van der Waals surface area contributed by atoms with Crippen LogP contribution in [0.5, 0.6) is 5.75 Å². The Labute approximate surface area is 128 Å². The fourth-order valence-corrected chi connectivity index (χ4v) is 2.37. The molecule has 0 saturated carbocycles. The molecule has 0 unspecified atom stereocenters. The Morgan fingerprint density at radius 1 is 1.14 bits per heavy atom. The van der Waals surface area contributed by atoms with Crippen LogP contribution < -0.4 is 10.5 Å². The third kappa shape index (κ3) is 2.33. The smallest absolute Gasteiger partial charge is 0.204 e. The first-order valence-corrected chi connectivity index (χ1v) is 6.78. The van der Waals surface area contributed by atoms with E-state index in [4.69, 9.17) is 10.5 Å². The molecular weight excluding hydrogens is 278 g/mol. The summed E-state index contributed by atoms with van der Waals surface area (Å²) in [6, 6.07) is 14.4. The van der Waals surface area contributed by atoms with Gasteiger partial charge in [-0.1, -0.05) is 36.4 Å². The number of hydrogen-bond acceptors (Lipinski definition) is 4. The molecule has 0 radical (unpaired) electrons. The first-order valence-electron chi connectivity index (χ1n) is 6.78. The van der Waals surface area contributed by atoms with E-state index in [1.54, 1.807) is 54.4 Å². The Morgan fingerprint density at radius 2 is 1.91 bits per heavy atom. The fraction of sp³-hybridized carbons (Fsp3) is 0.0588. The van der Waals surface area contributed by atoms with Crippen molar-refractivity contribution >= 4 is 11.7 Å². The van der Waals surface area contributed by atoms with E-state index in [2.05, 4.69) is 4.98 Å². The van der Waals surface area contributed by atoms with Crippen LogP contribution in [0.1, 0.15) is 15.9 Å². The highest BCUT2D eigenvalue weighted by Crippen LogP contribution is 2.29. The van der Waals surface area contributed by atoms with Gasteiger partial charge in [0.1, 0.15) is 11.4 Å². The third-order valence-corrected chi connectivity index (χ3v) is 3.41. The Kier molecular flexibility index (Phi) is 3.62. The van der Waals surface area contributed by atoms with Gasteiger partial charge in [-0.3, -0.25) is 9.36 Å². The number of aromatic nitrogens is 2. The van der Waals surface area contributed by atoms with E-state index >= 15 is 0 Å². The molecule has 0 saturated heterocycles. The number of nitrogen functional groups attached to an aromatic ring is 1. The minimum Gasteiger partial charge on any atom is -0.495 e. The third-order valence-electron chi connectivity index (χ3n) is 3.41. The zero-order valence-electron chi connectivity index (χ0n) is 12.1. The second-order valence-electron chi connectivity index (χ2n) is 4.71. The van der Waals surface area contributed by atoms with Crippen LogP contribution in [0.4, 0.5) is 5.95 Å². The van der Waals surface area contributed by atoms with E-state index in [1.807, 2.05) is 18.2 Å². The van der Waals surface area contributed by atoms with Crippen molar-refractivity contribution in [2.75, 3.05) is 12.8 Å². The van der Waals surface area contributed by atoms with Gasteiger partial charge in [-0.05, 0) is 12.1 Å². The standard InChI is InChI=1S/C17H15N3O2/c1-22-14-9-5-8-13(15(14)20-11-10-19-17(20)18)16(21)12-6-3-2-4-7-12/h2-11H,1H3,(H2,18,19). The van der Waals surface area contributed by atoms with Gasteiger partial charge in [-0.2, -0.15) is 0 Å². The summed E-state index contributed by atoms with van der Waals surface area (Å²) in [5, 5.41) is 0. The fourth-order valence-electron chi connectivity index (χ4n) is 2.37. The zero-order chi connectivity index (χ0) is 15.5. The van der Waals surface area contributed by atoms with Gasteiger partial charge < -0.3 is 10.5 Å². The van der Waals surface area contributed by atoms with Gasteiger partial charge in [0.05, 0.1) is 12.7 Å². The van der Waals surface area contributed by atoms with Crippen LogP contribution in [-0.4, -0.2) is 22.4 Å². The van der Waals surface area contributed by atoms with Gasteiger partial charge in [0.2, 0.25) is 5.95 Å². The van der Waals surface area contributed by atoms with Crippen molar-refractivity contribution in [2.24, 2.45) is 0 Å². The maximum atomic E-state index is 12.8. The van der Waals surface area contributed by atoms with E-state index in [0.717, 1.165) is 0 Å². The molecule has 2 N–H and O–H groups in total. The van der Waals surface area contributed by atoms with Crippen molar-refractivity contribution in [3.8, 4) is 11.4 Å². The van der Waals surface area contributed by atoms with E-state index in [1.165, 1.54) is 0 Å². The molecule has 0 aliphatic rings. The topological polar surface area (TPSA) is 70.1 Å². The minimum absolute atomic E-state index is 0.0948. The maximum absolute atomic E-state index is 12.8. The predicted molar refractivity (Wildman–Crippen MR) is 84.4 cm³/mol. The van der Waals surface area contributed by atoms with Crippen molar-refractivity contribution in [3.05, 3.63) is 72.1 Å². The molecule has 22 heavy (non-hydrogen) atoms. The van der Waals surface area contributed by atoms with E-state index in [-0.39, 0.29) is 5.78 Å². The number of benzene rings is 2. The normalized spacial score (nSPS) is 10.4. The second kappa shape index (κ2) is 5.73. The van der Waals surface area contributed by atoms with Gasteiger partial charge in [-0.25, -0.2) is 4.98 Å². The number of carbonyl (C=O) groups is 1. The van der Waals surface area contributed by atoms with Gasteiger partial charge in [0, 0.05) is 18.0 Å². The molecule has 1 aromatic heterocycles. The highest BCUT2D eigenvalue weighted by Gasteiger charge is 2.19. The maximum Gasteiger partial charge on any atom is 0.204 e. The molecule has 5 heteroatoms. The summed E-state index contributed by atoms with van der Waals surface area (Å²) in [6.45, 7) is 0. The number of imidazole rings is 1. The molecule has 0 aliphatic heterocycles. The van der Waals surface area contributed by atoms with Crippen molar-refractivity contribution in [2.45, 2.75) is 0 Å². The lowest BCUT2D eigenvalue weighted by atomic mass is 10.0. The first-order chi connectivity index (χ1) is 10.7. The molecule has 1 heterocycles. The molecule has 3 aromatic rings. The molecule has 0 aliphatic carbocycles. The Hall–Kier alpha value is -3.08. The molecule has 0 amide bonds. The van der Waals surface area contributed by atoms with Crippen LogP contribution in [-0.2, 0) is 0 Å². The molecule has 2 aromatic carbocycles. The first kappa shape index (κ1) is 13.9. The average Bonchev–Trinajstić information content (AvgIpc) is 3.00. The number of nitrogens with zero attached hydrogens (tertiary/aromatic N) is 2. The number of methoxy groups -OCH3 is 1. The monoisotopic (exact) mass is 293 g/mol. The van der Waals surface area contributed by atoms with Crippen molar-refractivity contribution in [3.63, 3.8) is 0 Å². The summed E-state index contributed by atoms with van der Waals surface area (Å²) < 4.78 is 7.04. The van der Waals surface area contributed by atoms with Gasteiger partial charge >= 0.3 is 0 Å². The van der Waals surface area contributed by atoms with Crippen LogP contribution in [0, 0.1) is 0 Å². The molecule has 5 nitrogen and oxygen atoms in total. The SMILES string of the molecule is COc1cccc(C(=O)c2ccccc2)c1-n1ccnc1N. The Morgan fingerprint density at radius 3 is 2.55 bits per heavy atom. The number of ketones is 1. The van der Waals surface area contributed by atoms with Crippen LogP contribution >= 0.6 is 0 Å². The number of nitrogens with two attached hydrogens (primary N) is 1. The lowest BCUT2D eigenvalue weighted by molar-refractivity contribution is 0.103. The minimum atomic E-state index is -0.0948. The Bertz CT molecular complexity index is 810. The van der Waals surface area contributed by atoms with Crippen LogP contribution in [0.2, 0.25) is 0 Å². The Balaban J connectivity index is 2.21. The molecule has 3 rings (SSSR count). The second-order valence-corrected chi connectivity index (χ2v) is 4.71. The van der Waals surface area contributed by atoms with Gasteiger partial charge in [0.25, 0.3) is 0 Å². The summed E-state index contributed by atoms with van der Waals surface area (Å²) in [6.07, 6.45) is 3.29. The molecule has 110 valence electrons. The van der Waals surface area contributed by atoms with Crippen molar-refractivity contribution in [1.29, 1.82) is 0 Å². The number of rotatable bonds is 4. The van der Waals surface area contributed by atoms with Crippen LogP contribution in [0.25, 0.3) is 5.69 Å². The molecule has 0 atom stereocenters. The number of para-hydroxylation sites is 1. The van der Waals surface area contributed by atoms with Crippen molar-refractivity contribution < 1.29 is 9.53 Å². The van der Waals surface area contributed by atoms with Gasteiger partial charge in [-0.15, -0.1) is 0 Å². The number of carbonyl (C=O) groups excluding carboxylic acids is 1.